The number of aromatic nitrogens is 2. The average molecular weight is 457 g/mol. The van der Waals surface area contributed by atoms with Crippen LogP contribution in [0.4, 0.5) is 0 Å². The molecule has 1 fully saturated rings. The van der Waals surface area contributed by atoms with Crippen LogP contribution in [0.3, 0.4) is 0 Å². The predicted octanol–water partition coefficient (Wildman–Crippen LogP) is 2.09. The molecule has 1 saturated heterocycles. The Morgan fingerprint density at radius 3 is 2.57 bits per heavy atom. The number of aryl methyl sites for hydroxylation is 1. The van der Waals surface area contributed by atoms with Crippen molar-refractivity contribution in [2.75, 3.05) is 33.1 Å². The van der Waals surface area contributed by atoms with Gasteiger partial charge in [-0.15, -0.1) is 11.3 Å². The van der Waals surface area contributed by atoms with Crippen LogP contribution in [0.2, 0.25) is 0 Å². The van der Waals surface area contributed by atoms with Crippen LogP contribution in [-0.2, 0) is 21.4 Å². The number of fused-ring (bicyclic) bond motifs is 1. The number of hydrogen-bond donors (Lipinski definition) is 1. The number of carbonyl (C=O) groups excluding carboxylic acids is 1. The Morgan fingerprint density at radius 2 is 1.97 bits per heavy atom. The summed E-state index contributed by atoms with van der Waals surface area (Å²) in [6, 6.07) is -0.0628. The minimum atomic E-state index is -3.19. The number of nitrogens with one attached hydrogen (secondary N) is 1. The molecule has 0 saturated carbocycles. The van der Waals surface area contributed by atoms with Crippen molar-refractivity contribution in [1.82, 2.24) is 19.6 Å². The van der Waals surface area contributed by atoms with Crippen molar-refractivity contribution >= 4 is 37.5 Å². The fourth-order valence-electron chi connectivity index (χ4n) is 3.62. The molecule has 11 heteroatoms. The first-order valence-electron chi connectivity index (χ1n) is 9.92. The van der Waals surface area contributed by atoms with Gasteiger partial charge in [0.1, 0.15) is 11.4 Å². The minimum Gasteiger partial charge on any atom is -0.480 e. The summed E-state index contributed by atoms with van der Waals surface area (Å²) in [6.07, 6.45) is 1.79. The number of piperidine rings is 1. The van der Waals surface area contributed by atoms with Crippen molar-refractivity contribution < 1.29 is 22.7 Å². The lowest BCUT2D eigenvalue weighted by Crippen LogP contribution is -2.47. The molecule has 2 aromatic rings. The predicted molar refractivity (Wildman–Crippen MR) is 116 cm³/mol. The van der Waals surface area contributed by atoms with E-state index in [0.29, 0.717) is 53.8 Å². The molecule has 0 spiro atoms. The summed E-state index contributed by atoms with van der Waals surface area (Å²) in [5.41, 5.74) is 0.774. The number of thiophene rings is 1. The molecule has 0 radical (unpaired) electrons. The summed E-state index contributed by atoms with van der Waals surface area (Å²) >= 11 is 1.30. The largest absolute Gasteiger partial charge is 0.480 e. The maximum absolute atomic E-state index is 12.9. The second-order valence-corrected chi connectivity index (χ2v) is 10.4. The quantitative estimate of drug-likeness (QED) is 0.647. The van der Waals surface area contributed by atoms with Crippen LogP contribution in [0.1, 0.15) is 47.2 Å². The number of nitrogens with zero attached hydrogens (tertiary/aromatic N) is 3. The SMILES string of the molecule is CCCS(=O)(=O)N1CCC(NC(=O)c2sc3nc(COC)nc(OC)c3c2C)CC1. The van der Waals surface area contributed by atoms with Crippen LogP contribution in [0, 0.1) is 6.92 Å². The molecule has 0 aliphatic carbocycles. The van der Waals surface area contributed by atoms with Gasteiger partial charge in [-0.25, -0.2) is 17.7 Å². The van der Waals surface area contributed by atoms with Crippen molar-refractivity contribution in [1.29, 1.82) is 0 Å². The molecule has 1 aliphatic rings. The second-order valence-electron chi connectivity index (χ2n) is 7.28. The first-order valence-corrected chi connectivity index (χ1v) is 12.3. The minimum absolute atomic E-state index is 0.0628. The average Bonchev–Trinajstić information content (AvgIpc) is 3.05. The highest BCUT2D eigenvalue weighted by Gasteiger charge is 2.29. The molecule has 1 amide bonds. The molecular weight excluding hydrogens is 428 g/mol. The monoisotopic (exact) mass is 456 g/mol. The Labute approximate surface area is 180 Å². The molecule has 30 heavy (non-hydrogen) atoms. The third kappa shape index (κ3) is 4.74. The Hall–Kier alpha value is -1.82. The highest BCUT2D eigenvalue weighted by atomic mass is 32.2. The van der Waals surface area contributed by atoms with Crippen LogP contribution in [0.15, 0.2) is 0 Å². The van der Waals surface area contributed by atoms with Gasteiger partial charge in [-0.1, -0.05) is 6.92 Å². The van der Waals surface area contributed by atoms with Crippen molar-refractivity contribution in [3.05, 3.63) is 16.3 Å². The van der Waals surface area contributed by atoms with E-state index in [2.05, 4.69) is 15.3 Å². The Balaban J connectivity index is 1.74. The van der Waals surface area contributed by atoms with E-state index in [-0.39, 0.29) is 24.3 Å². The maximum atomic E-state index is 12.9. The maximum Gasteiger partial charge on any atom is 0.261 e. The van der Waals surface area contributed by atoms with Crippen molar-refractivity contribution in [3.8, 4) is 5.88 Å². The van der Waals surface area contributed by atoms with Gasteiger partial charge in [-0.3, -0.25) is 4.79 Å². The smallest absolute Gasteiger partial charge is 0.261 e. The Morgan fingerprint density at radius 1 is 1.27 bits per heavy atom. The van der Waals surface area contributed by atoms with E-state index < -0.39 is 10.0 Å². The number of carbonyl (C=O) groups is 1. The van der Waals surface area contributed by atoms with Crippen LogP contribution < -0.4 is 10.1 Å². The van der Waals surface area contributed by atoms with Gasteiger partial charge >= 0.3 is 0 Å². The van der Waals surface area contributed by atoms with Crippen LogP contribution in [0.25, 0.3) is 10.2 Å². The second kappa shape index (κ2) is 9.54. The summed E-state index contributed by atoms with van der Waals surface area (Å²) in [5.74, 6) is 0.907. The van der Waals surface area contributed by atoms with Gasteiger partial charge in [0, 0.05) is 26.2 Å². The number of hydrogen-bond acceptors (Lipinski definition) is 8. The van der Waals surface area contributed by atoms with E-state index in [1.165, 1.54) is 22.8 Å². The summed E-state index contributed by atoms with van der Waals surface area (Å²) in [6.45, 7) is 4.83. The zero-order valence-electron chi connectivity index (χ0n) is 17.7. The standard InChI is InChI=1S/C19H28N4O5S2/c1-5-10-30(25,26)23-8-6-13(7-9-23)20-17(24)16-12(2)15-18(28-4)21-14(11-27-3)22-19(15)29-16/h13H,5-11H2,1-4H3,(H,20,24). The molecule has 3 rings (SSSR count). The van der Waals surface area contributed by atoms with E-state index in [1.54, 1.807) is 7.11 Å². The normalized spacial score (nSPS) is 16.1. The molecule has 1 N–H and O–H groups in total. The molecule has 0 aromatic carbocycles. The lowest BCUT2D eigenvalue weighted by molar-refractivity contribution is 0.0927. The molecule has 166 valence electrons. The number of rotatable bonds is 8. The Bertz CT molecular complexity index is 1010. The third-order valence-electron chi connectivity index (χ3n) is 5.12. The van der Waals surface area contributed by atoms with E-state index in [0.717, 1.165) is 10.9 Å². The zero-order chi connectivity index (χ0) is 21.9. The number of sulfonamides is 1. The van der Waals surface area contributed by atoms with Gasteiger partial charge in [-0.05, 0) is 31.7 Å². The van der Waals surface area contributed by atoms with Gasteiger partial charge in [-0.2, -0.15) is 4.98 Å². The van der Waals surface area contributed by atoms with E-state index >= 15 is 0 Å². The summed E-state index contributed by atoms with van der Waals surface area (Å²) in [7, 11) is -0.0906. The van der Waals surface area contributed by atoms with Crippen molar-refractivity contribution in [2.45, 2.75) is 45.8 Å². The van der Waals surface area contributed by atoms with Crippen molar-refractivity contribution in [2.24, 2.45) is 0 Å². The Kier molecular flexibility index (Phi) is 7.27. The highest BCUT2D eigenvalue weighted by Crippen LogP contribution is 2.35. The molecule has 2 aromatic heterocycles. The van der Waals surface area contributed by atoms with E-state index in [1.807, 2.05) is 13.8 Å². The molecule has 0 bridgehead atoms. The fourth-order valence-corrected chi connectivity index (χ4v) is 6.25. The zero-order valence-corrected chi connectivity index (χ0v) is 19.4. The highest BCUT2D eigenvalue weighted by molar-refractivity contribution is 7.89. The summed E-state index contributed by atoms with van der Waals surface area (Å²) in [4.78, 5) is 23.0. The number of ether oxygens (including phenoxy) is 2. The summed E-state index contributed by atoms with van der Waals surface area (Å²) in [5, 5.41) is 3.78. The van der Waals surface area contributed by atoms with Gasteiger partial charge in [0.2, 0.25) is 15.9 Å². The number of amides is 1. The molecule has 0 atom stereocenters. The van der Waals surface area contributed by atoms with Gasteiger partial charge in [0.25, 0.3) is 5.91 Å². The molecule has 3 heterocycles. The van der Waals surface area contributed by atoms with Crippen LogP contribution in [-0.4, -0.2) is 67.7 Å². The first kappa shape index (κ1) is 22.9. The van der Waals surface area contributed by atoms with Gasteiger partial charge < -0.3 is 14.8 Å². The van der Waals surface area contributed by atoms with E-state index in [9.17, 15) is 13.2 Å². The first-order chi connectivity index (χ1) is 14.3. The lowest BCUT2D eigenvalue weighted by Gasteiger charge is -2.31. The van der Waals surface area contributed by atoms with E-state index in [4.69, 9.17) is 9.47 Å². The fraction of sp³-hybridized carbons (Fsp3) is 0.632. The molecule has 1 aliphatic heterocycles. The number of methoxy groups -OCH3 is 2. The molecule has 9 nitrogen and oxygen atoms in total. The van der Waals surface area contributed by atoms with Crippen LogP contribution in [0.5, 0.6) is 5.88 Å². The van der Waals surface area contributed by atoms with Gasteiger partial charge in [0.05, 0.1) is 23.1 Å². The van der Waals surface area contributed by atoms with Crippen molar-refractivity contribution in [3.63, 3.8) is 0 Å². The lowest BCUT2D eigenvalue weighted by atomic mass is 10.1. The molecular formula is C19H28N4O5S2. The van der Waals surface area contributed by atoms with Gasteiger partial charge in [0.15, 0.2) is 5.82 Å². The topological polar surface area (TPSA) is 111 Å². The van der Waals surface area contributed by atoms with Crippen LogP contribution >= 0.6 is 11.3 Å². The third-order valence-corrected chi connectivity index (χ3v) is 8.38. The molecule has 0 unspecified atom stereocenters. The summed E-state index contributed by atoms with van der Waals surface area (Å²) < 4.78 is 36.5.